The Bertz CT molecular complexity index is 1100. The van der Waals surface area contributed by atoms with Crippen LogP contribution >= 0.6 is 0 Å². The lowest BCUT2D eigenvalue weighted by Crippen LogP contribution is -2.62. The highest BCUT2D eigenvalue weighted by atomic mass is 16.7. The van der Waals surface area contributed by atoms with Crippen molar-refractivity contribution in [3.05, 3.63) is 71.8 Å². The first-order chi connectivity index (χ1) is 21.2. The van der Waals surface area contributed by atoms with Gasteiger partial charge in [-0.05, 0) is 38.3 Å². The molecule has 1 heterocycles. The third-order valence-electron chi connectivity index (χ3n) is 7.18. The summed E-state index contributed by atoms with van der Waals surface area (Å²) >= 11 is 0. The number of hydrogen-bond acceptors (Lipinski definition) is 8. The molecule has 3 rings (SSSR count). The molecule has 1 fully saturated rings. The van der Waals surface area contributed by atoms with E-state index >= 15 is 0 Å². The van der Waals surface area contributed by atoms with E-state index in [2.05, 4.69) is 6.92 Å². The first kappa shape index (κ1) is 33.1. The summed E-state index contributed by atoms with van der Waals surface area (Å²) in [5.74, 6) is -1.02. The Morgan fingerprint density at radius 1 is 0.814 bits per heavy atom. The Balaban J connectivity index is 1.86. The molecule has 1 unspecified atom stereocenters. The summed E-state index contributed by atoms with van der Waals surface area (Å²) in [5, 5.41) is 0. The Labute approximate surface area is 258 Å². The van der Waals surface area contributed by atoms with Gasteiger partial charge in [0.15, 0.2) is 12.4 Å². The molecule has 43 heavy (non-hydrogen) atoms. The van der Waals surface area contributed by atoms with Crippen LogP contribution < -0.4 is 0 Å². The number of hydrogen-bond donors (Lipinski definition) is 0. The molecule has 0 bridgehead atoms. The van der Waals surface area contributed by atoms with E-state index in [1.807, 2.05) is 60.7 Å². The summed E-state index contributed by atoms with van der Waals surface area (Å²) in [4.78, 5) is 25.3. The fraction of sp³-hybridized carbons (Fsp3) is 0.600. The van der Waals surface area contributed by atoms with E-state index in [9.17, 15) is 9.59 Å². The summed E-state index contributed by atoms with van der Waals surface area (Å²) in [7, 11) is 0. The maximum Gasteiger partial charge on any atom is 0.311 e. The van der Waals surface area contributed by atoms with E-state index in [1.54, 1.807) is 13.8 Å². The Morgan fingerprint density at radius 2 is 1.40 bits per heavy atom. The minimum Gasteiger partial charge on any atom is -0.462 e. The SMILES string of the molecule is [2H]CC(C)(C)C(=O)OC[C@H]1OC(OCCCCCCCC)[C@H](OCc2ccccc2)[C@@H](OC(C)=O)[C@H]1OCc1ccccc1. The number of unbranched alkanes of at least 4 members (excludes halogenated alkanes) is 5. The van der Waals surface area contributed by atoms with Gasteiger partial charge < -0.3 is 28.4 Å². The predicted octanol–water partition coefficient (Wildman–Crippen LogP) is 6.78. The van der Waals surface area contributed by atoms with Gasteiger partial charge in [-0.2, -0.15) is 0 Å². The van der Waals surface area contributed by atoms with Gasteiger partial charge in [-0.1, -0.05) is 99.7 Å². The summed E-state index contributed by atoms with van der Waals surface area (Å²) < 4.78 is 44.8. The third kappa shape index (κ3) is 12.0. The Kier molecular flexibility index (Phi) is 14.0. The van der Waals surface area contributed by atoms with Crippen LogP contribution in [0.5, 0.6) is 0 Å². The van der Waals surface area contributed by atoms with Gasteiger partial charge in [0.25, 0.3) is 0 Å². The van der Waals surface area contributed by atoms with Gasteiger partial charge in [0.05, 0.1) is 18.6 Å². The van der Waals surface area contributed by atoms with Gasteiger partial charge >= 0.3 is 11.9 Å². The fourth-order valence-corrected chi connectivity index (χ4v) is 4.82. The average Bonchev–Trinajstić information content (AvgIpc) is 3.02. The van der Waals surface area contributed by atoms with Gasteiger partial charge in [-0.15, -0.1) is 0 Å². The summed E-state index contributed by atoms with van der Waals surface area (Å²) in [5.41, 5.74) is 0.877. The van der Waals surface area contributed by atoms with Crippen LogP contribution in [0.4, 0.5) is 0 Å². The van der Waals surface area contributed by atoms with Crippen LogP contribution in [0.25, 0.3) is 0 Å². The fourth-order valence-electron chi connectivity index (χ4n) is 4.82. The molecule has 2 aromatic rings. The number of benzene rings is 2. The molecule has 238 valence electrons. The second kappa shape index (κ2) is 18.1. The molecule has 5 atom stereocenters. The molecule has 8 nitrogen and oxygen atoms in total. The molecule has 0 aliphatic carbocycles. The highest BCUT2D eigenvalue weighted by Gasteiger charge is 2.50. The largest absolute Gasteiger partial charge is 0.462 e. The molecular weight excluding hydrogens is 548 g/mol. The van der Waals surface area contributed by atoms with Gasteiger partial charge in [-0.25, -0.2) is 0 Å². The van der Waals surface area contributed by atoms with Crippen molar-refractivity contribution in [3.63, 3.8) is 0 Å². The number of carbonyl (C=O) groups is 2. The molecule has 2 aromatic carbocycles. The van der Waals surface area contributed by atoms with Crippen LogP contribution in [-0.2, 0) is 51.2 Å². The van der Waals surface area contributed by atoms with E-state index in [0.29, 0.717) is 6.61 Å². The zero-order valence-electron chi connectivity index (χ0n) is 27.2. The van der Waals surface area contributed by atoms with Crippen LogP contribution in [-0.4, -0.2) is 55.9 Å². The first-order valence-electron chi connectivity index (χ1n) is 16.2. The van der Waals surface area contributed by atoms with Crippen LogP contribution in [0.3, 0.4) is 0 Å². The Morgan fingerprint density at radius 3 is 1.98 bits per heavy atom. The second-order valence-electron chi connectivity index (χ2n) is 11.8. The molecule has 0 spiro atoms. The molecule has 1 aliphatic heterocycles. The lowest BCUT2D eigenvalue weighted by atomic mass is 9.96. The smallest absolute Gasteiger partial charge is 0.311 e. The van der Waals surface area contributed by atoms with Gasteiger partial charge in [0.1, 0.15) is 24.9 Å². The number of carbonyl (C=O) groups excluding carboxylic acids is 2. The van der Waals surface area contributed by atoms with Crippen LogP contribution in [0.15, 0.2) is 60.7 Å². The lowest BCUT2D eigenvalue weighted by molar-refractivity contribution is -0.321. The monoisotopic (exact) mass is 599 g/mol. The molecule has 0 aromatic heterocycles. The Hall–Kier alpha value is -2.78. The minimum absolute atomic E-state index is 0.124. The van der Waals surface area contributed by atoms with E-state index in [1.165, 1.54) is 26.2 Å². The van der Waals surface area contributed by atoms with Gasteiger partial charge in [0, 0.05) is 14.9 Å². The van der Waals surface area contributed by atoms with E-state index < -0.39 is 48.1 Å². The van der Waals surface area contributed by atoms with Crippen LogP contribution in [0, 0.1) is 5.41 Å². The van der Waals surface area contributed by atoms with Crippen molar-refractivity contribution in [1.29, 1.82) is 0 Å². The van der Waals surface area contributed by atoms with Crippen LogP contribution in [0.1, 0.15) is 85.6 Å². The van der Waals surface area contributed by atoms with Crippen molar-refractivity contribution in [2.24, 2.45) is 5.41 Å². The second-order valence-corrected chi connectivity index (χ2v) is 11.8. The number of rotatable bonds is 17. The number of ether oxygens (including phenoxy) is 6. The van der Waals surface area contributed by atoms with Crippen molar-refractivity contribution in [3.8, 4) is 0 Å². The topological polar surface area (TPSA) is 89.5 Å². The molecule has 1 aliphatic rings. The molecule has 0 radical (unpaired) electrons. The molecule has 8 heteroatoms. The zero-order chi connectivity index (χ0) is 31.8. The highest BCUT2D eigenvalue weighted by Crippen LogP contribution is 2.31. The van der Waals surface area contributed by atoms with Crippen molar-refractivity contribution >= 4 is 11.9 Å². The van der Waals surface area contributed by atoms with Crippen molar-refractivity contribution < 1.29 is 39.4 Å². The van der Waals surface area contributed by atoms with E-state index in [-0.39, 0.29) is 26.7 Å². The standard InChI is InChI=1S/C35H50O8/c1-6-7-8-9-10-17-22-38-33-32(40-24-28-20-15-12-16-21-28)31(42-26(2)36)30(39-23-27-18-13-11-14-19-27)29(43-33)25-41-34(37)35(3,4)5/h11-16,18-21,29-33H,6-10,17,22-25H2,1-5H3/t29-,30+,31+,32-,33?/m1/s1/i3D. The zero-order valence-corrected chi connectivity index (χ0v) is 26.2. The average molecular weight is 600 g/mol. The van der Waals surface area contributed by atoms with Crippen molar-refractivity contribution in [2.75, 3.05) is 13.2 Å². The molecule has 1 saturated heterocycles. The predicted molar refractivity (Wildman–Crippen MR) is 164 cm³/mol. The highest BCUT2D eigenvalue weighted by molar-refractivity contribution is 5.75. The molecule has 0 N–H and O–H groups in total. The maximum absolute atomic E-state index is 12.8. The summed E-state index contributed by atoms with van der Waals surface area (Å²) in [6.45, 7) is 7.46. The minimum atomic E-state index is -0.987. The lowest BCUT2D eigenvalue weighted by Gasteiger charge is -2.45. The van der Waals surface area contributed by atoms with E-state index in [4.69, 9.17) is 29.8 Å². The van der Waals surface area contributed by atoms with E-state index in [0.717, 1.165) is 30.4 Å². The first-order valence-corrected chi connectivity index (χ1v) is 15.5. The van der Waals surface area contributed by atoms with Crippen molar-refractivity contribution in [1.82, 2.24) is 0 Å². The van der Waals surface area contributed by atoms with Gasteiger partial charge in [-0.3, -0.25) is 9.59 Å². The van der Waals surface area contributed by atoms with Crippen molar-refractivity contribution in [2.45, 2.75) is 117 Å². The van der Waals surface area contributed by atoms with Crippen LogP contribution in [0.2, 0.25) is 0 Å². The van der Waals surface area contributed by atoms with Gasteiger partial charge in [0.2, 0.25) is 0 Å². The normalized spacial score (nSPS) is 22.5. The summed E-state index contributed by atoms with van der Waals surface area (Å²) in [6, 6.07) is 19.3. The molecular formula is C35H50O8. The third-order valence-corrected chi connectivity index (χ3v) is 7.18. The number of esters is 2. The maximum atomic E-state index is 12.8. The summed E-state index contributed by atoms with van der Waals surface area (Å²) in [6.07, 6.45) is 2.33. The quantitative estimate of drug-likeness (QED) is 0.145. The molecule has 0 saturated carbocycles. The molecule has 0 amide bonds.